The van der Waals surface area contributed by atoms with Crippen molar-refractivity contribution in [2.24, 2.45) is 5.18 Å². The minimum Gasteiger partial charge on any atom is -0.288 e. The number of nitroso groups, excluding NO2 is 1. The van der Waals surface area contributed by atoms with Crippen LogP contribution in [0.15, 0.2) is 5.18 Å². The second-order valence-electron chi connectivity index (χ2n) is 3.86. The lowest BCUT2D eigenvalue weighted by Crippen LogP contribution is -2.69. The molecule has 17 heavy (non-hydrogen) atoms. The minimum atomic E-state index is -1.27. The predicted octanol–water partition coefficient (Wildman–Crippen LogP) is -0.637. The molecule has 0 spiro atoms. The fraction of sp³-hybridized carbons (Fsp3) is 0.700. The highest BCUT2D eigenvalue weighted by molar-refractivity contribution is 6.18. The second-order valence-corrected chi connectivity index (χ2v) is 3.86. The van der Waals surface area contributed by atoms with Gasteiger partial charge in [0, 0.05) is 6.54 Å². The monoisotopic (exact) mass is 241 g/mol. The highest BCUT2D eigenvalue weighted by Crippen LogP contribution is 2.14. The van der Waals surface area contributed by atoms with Gasteiger partial charge < -0.3 is 0 Å². The first-order valence-corrected chi connectivity index (χ1v) is 5.66. The molecule has 1 saturated heterocycles. The van der Waals surface area contributed by atoms with Gasteiger partial charge in [0.1, 0.15) is 0 Å². The van der Waals surface area contributed by atoms with E-state index in [2.05, 4.69) is 5.18 Å². The molecule has 0 aliphatic carbocycles. The third-order valence-corrected chi connectivity index (χ3v) is 2.55. The van der Waals surface area contributed by atoms with Crippen molar-refractivity contribution in [2.75, 3.05) is 13.1 Å². The normalized spacial score (nSPS) is 21.1. The largest absolute Gasteiger partial charge is 0.417 e. The van der Waals surface area contributed by atoms with Gasteiger partial charge in [-0.25, -0.2) is 9.69 Å². The molecule has 0 radical (unpaired) electrons. The van der Waals surface area contributed by atoms with Gasteiger partial charge in [-0.1, -0.05) is 13.8 Å². The molecule has 0 aromatic heterocycles. The number of amides is 3. The quantitative estimate of drug-likeness (QED) is 0.649. The summed E-state index contributed by atoms with van der Waals surface area (Å²) in [6.45, 7) is 4.38. The number of hydrogen-bond donors (Lipinski definition) is 1. The minimum absolute atomic E-state index is 0.0656. The molecule has 94 valence electrons. The van der Waals surface area contributed by atoms with E-state index < -0.39 is 18.0 Å². The van der Waals surface area contributed by atoms with E-state index in [1.165, 1.54) is 4.90 Å². The van der Waals surface area contributed by atoms with Gasteiger partial charge in [-0.2, -0.15) is 4.90 Å². The molecule has 0 aromatic carbocycles. The molecule has 0 saturated carbocycles. The first-order chi connectivity index (χ1) is 8.08. The van der Waals surface area contributed by atoms with Gasteiger partial charge in [-0.15, -0.1) is 4.91 Å². The van der Waals surface area contributed by atoms with Crippen molar-refractivity contribution in [1.82, 2.24) is 9.80 Å². The van der Waals surface area contributed by atoms with E-state index in [4.69, 9.17) is 5.41 Å². The van der Waals surface area contributed by atoms with E-state index in [0.29, 0.717) is 19.4 Å². The van der Waals surface area contributed by atoms with Crippen LogP contribution < -0.4 is 5.41 Å². The number of carbonyl (C=O) groups excluding carboxylic acids is 2. The molecule has 0 aromatic rings. The molecule has 1 fully saturated rings. The van der Waals surface area contributed by atoms with Gasteiger partial charge in [-0.3, -0.25) is 10.2 Å². The van der Waals surface area contributed by atoms with Crippen LogP contribution in [0.1, 0.15) is 26.7 Å². The summed E-state index contributed by atoms with van der Waals surface area (Å²) in [4.78, 5) is 36.7. The van der Waals surface area contributed by atoms with E-state index in [1.807, 2.05) is 13.8 Å². The highest BCUT2D eigenvalue weighted by Gasteiger charge is 2.49. The summed E-state index contributed by atoms with van der Waals surface area (Å²) < 4.78 is 0. The van der Waals surface area contributed by atoms with Crippen LogP contribution >= 0.6 is 0 Å². The molecule has 1 unspecified atom stereocenters. The zero-order valence-electron chi connectivity index (χ0n) is 10.0. The van der Waals surface area contributed by atoms with Gasteiger partial charge in [0.25, 0.3) is 17.8 Å². The maximum absolute atomic E-state index is 12.0. The van der Waals surface area contributed by atoms with Crippen molar-refractivity contribution in [3.05, 3.63) is 4.91 Å². The molecule has 1 rings (SSSR count). The Labute approximate surface area is 99.2 Å². The van der Waals surface area contributed by atoms with Crippen LogP contribution in [0.25, 0.3) is 0 Å². The Balaban J connectivity index is 3.02. The lowest BCUT2D eigenvalue weighted by atomic mass is 10.1. The van der Waals surface area contributed by atoms with Crippen molar-refractivity contribution in [3.63, 3.8) is 0 Å². The predicted molar refractivity (Wildman–Crippen MR) is 60.9 cm³/mol. The Morgan fingerprint density at radius 3 is 2.18 bits per heavy atom. The number of urea groups is 1. The van der Waals surface area contributed by atoms with Crippen molar-refractivity contribution in [3.8, 4) is 0 Å². The molecule has 7 nitrogen and oxygen atoms in total. The Morgan fingerprint density at radius 1 is 1.18 bits per heavy atom. The molecule has 1 heterocycles. The number of nitrogens with two attached hydrogens (primary N) is 1. The number of imide groups is 1. The molecule has 0 bridgehead atoms. The molecule has 1 aliphatic rings. The van der Waals surface area contributed by atoms with Crippen LogP contribution in [0.4, 0.5) is 4.79 Å². The summed E-state index contributed by atoms with van der Waals surface area (Å²) >= 11 is 0. The summed E-state index contributed by atoms with van der Waals surface area (Å²) in [5.41, 5.74) is 0. The summed E-state index contributed by atoms with van der Waals surface area (Å²) in [5.74, 6) is -0.694. The van der Waals surface area contributed by atoms with Crippen molar-refractivity contribution in [2.45, 2.75) is 32.7 Å². The molecule has 1 atom stereocenters. The summed E-state index contributed by atoms with van der Waals surface area (Å²) in [7, 11) is 0. The maximum Gasteiger partial charge on any atom is 0.417 e. The third-order valence-electron chi connectivity index (χ3n) is 2.55. The van der Waals surface area contributed by atoms with Crippen LogP contribution in [0.5, 0.6) is 0 Å². The number of hydrogen-bond acceptors (Lipinski definition) is 4. The van der Waals surface area contributed by atoms with E-state index in [0.717, 1.165) is 4.90 Å². The van der Waals surface area contributed by atoms with Gasteiger partial charge in [0.2, 0.25) is 0 Å². The number of carbonyl (C=O) groups is 2. The average molecular weight is 241 g/mol. The Bertz CT molecular complexity index is 327. The van der Waals surface area contributed by atoms with Crippen molar-refractivity contribution >= 4 is 17.8 Å². The van der Waals surface area contributed by atoms with Crippen LogP contribution in [0.2, 0.25) is 0 Å². The summed E-state index contributed by atoms with van der Waals surface area (Å²) in [6.07, 6.45) is 1.31. The zero-order valence-corrected chi connectivity index (χ0v) is 10.0. The first-order valence-electron chi connectivity index (χ1n) is 5.66. The fourth-order valence-electron chi connectivity index (χ4n) is 1.75. The number of nitrogens with zero attached hydrogens (tertiary/aromatic N) is 3. The van der Waals surface area contributed by atoms with E-state index in [9.17, 15) is 14.5 Å². The molecular weight excluding hydrogens is 224 g/mol. The highest BCUT2D eigenvalue weighted by atomic mass is 16.3. The first kappa shape index (κ1) is 13.3. The van der Waals surface area contributed by atoms with E-state index in [1.54, 1.807) is 0 Å². The molecule has 1 aliphatic heterocycles. The van der Waals surface area contributed by atoms with Crippen LogP contribution in [-0.2, 0) is 4.79 Å². The molecular formula is C10H17N4O3+. The van der Waals surface area contributed by atoms with Gasteiger partial charge >= 0.3 is 6.03 Å². The SMILES string of the molecule is CCCN1C(=[NH2+])C(N=O)C(=O)N(CCC)C1=O. The number of amidine groups is 1. The second kappa shape index (κ2) is 5.51. The van der Waals surface area contributed by atoms with Gasteiger partial charge in [0.15, 0.2) is 0 Å². The van der Waals surface area contributed by atoms with Crippen LogP contribution in [-0.4, -0.2) is 46.7 Å². The van der Waals surface area contributed by atoms with Gasteiger partial charge in [-0.05, 0) is 18.0 Å². The fourth-order valence-corrected chi connectivity index (χ4v) is 1.75. The Morgan fingerprint density at radius 2 is 1.71 bits per heavy atom. The van der Waals surface area contributed by atoms with E-state index in [-0.39, 0.29) is 12.4 Å². The molecule has 3 amide bonds. The average Bonchev–Trinajstić information content (AvgIpc) is 2.31. The standard InChI is InChI=1S/C10H16N4O3/c1-3-5-13-8(11)7(12-17)9(15)14(6-4-2)10(13)16/h7,11H,3-6H2,1-2H3/p+1. The van der Waals surface area contributed by atoms with Crippen molar-refractivity contribution < 1.29 is 15.0 Å². The topological polar surface area (TPSA) is 95.6 Å². The van der Waals surface area contributed by atoms with Crippen molar-refractivity contribution in [1.29, 1.82) is 0 Å². The Hall–Kier alpha value is -1.79. The van der Waals surface area contributed by atoms with Gasteiger partial charge in [0.05, 0.1) is 6.54 Å². The smallest absolute Gasteiger partial charge is 0.288 e. The maximum atomic E-state index is 12.0. The summed E-state index contributed by atoms with van der Waals surface area (Å²) in [5, 5.41) is 8.35. The summed E-state index contributed by atoms with van der Waals surface area (Å²) in [6, 6.07) is -1.73. The molecule has 2 N–H and O–H groups in total. The van der Waals surface area contributed by atoms with Crippen LogP contribution in [0.3, 0.4) is 0 Å². The number of rotatable bonds is 5. The van der Waals surface area contributed by atoms with Crippen LogP contribution in [0, 0.1) is 4.91 Å². The lowest BCUT2D eigenvalue weighted by molar-refractivity contribution is -0.144. The Kier molecular flexibility index (Phi) is 4.30. The molecule has 7 heteroatoms. The lowest BCUT2D eigenvalue weighted by Gasteiger charge is -2.30. The van der Waals surface area contributed by atoms with E-state index >= 15 is 0 Å². The third kappa shape index (κ3) is 2.32. The zero-order chi connectivity index (χ0) is 13.0.